The fraction of sp³-hybridized carbons (Fsp3) is 0.214. The number of hydrogen-bond acceptors (Lipinski definition) is 5. The summed E-state index contributed by atoms with van der Waals surface area (Å²) in [6.45, 7) is 1.79. The van der Waals surface area contributed by atoms with Crippen molar-refractivity contribution in [2.75, 3.05) is 5.73 Å². The first-order valence-electron chi connectivity index (χ1n) is 6.63. The van der Waals surface area contributed by atoms with Crippen molar-refractivity contribution < 1.29 is 17.9 Å². The lowest BCUT2D eigenvalue weighted by Crippen LogP contribution is -2.17. The monoisotopic (exact) mass is 323 g/mol. The van der Waals surface area contributed by atoms with Crippen LogP contribution in [0.2, 0.25) is 0 Å². The molecule has 2 aromatic heterocycles. The van der Waals surface area contributed by atoms with Crippen molar-refractivity contribution in [3.05, 3.63) is 47.4 Å². The molecule has 0 radical (unpaired) electrons. The van der Waals surface area contributed by atoms with E-state index in [9.17, 15) is 13.2 Å². The second kappa shape index (κ2) is 5.41. The maximum absolute atomic E-state index is 12.1. The molecule has 3 aromatic rings. The molecule has 0 bridgehead atoms. The Bertz CT molecular complexity index is 842. The number of benzene rings is 1. The van der Waals surface area contributed by atoms with E-state index in [0.717, 1.165) is 11.1 Å². The van der Waals surface area contributed by atoms with Crippen molar-refractivity contribution in [3.8, 4) is 5.75 Å². The van der Waals surface area contributed by atoms with E-state index in [1.165, 1.54) is 23.0 Å². The number of hydrogen-bond donors (Lipinski definition) is 1. The molecule has 0 atom stereocenters. The number of fused-ring (bicyclic) bond motifs is 1. The molecule has 2 N–H and O–H groups in total. The molecule has 1 aromatic carbocycles. The SMILES string of the molecule is Cc1nc2ncnn2c(N)c1Cc1ccc(OC(F)(F)F)cc1. The Balaban J connectivity index is 1.87. The van der Waals surface area contributed by atoms with Crippen LogP contribution in [0.1, 0.15) is 16.8 Å². The third-order valence-electron chi connectivity index (χ3n) is 3.31. The van der Waals surface area contributed by atoms with Crippen LogP contribution in [0.25, 0.3) is 5.78 Å². The van der Waals surface area contributed by atoms with Crippen molar-refractivity contribution in [1.82, 2.24) is 19.6 Å². The van der Waals surface area contributed by atoms with Crippen LogP contribution in [0, 0.1) is 6.92 Å². The molecule has 23 heavy (non-hydrogen) atoms. The molecule has 0 saturated carbocycles. The Labute approximate surface area is 128 Å². The summed E-state index contributed by atoms with van der Waals surface area (Å²) < 4.78 is 41.7. The van der Waals surface area contributed by atoms with Gasteiger partial charge in [0.1, 0.15) is 17.9 Å². The predicted molar refractivity (Wildman–Crippen MR) is 75.9 cm³/mol. The molecule has 0 aliphatic rings. The van der Waals surface area contributed by atoms with E-state index in [2.05, 4.69) is 19.8 Å². The summed E-state index contributed by atoms with van der Waals surface area (Å²) in [5.74, 6) is 0.536. The first kappa shape index (κ1) is 15.1. The molecule has 120 valence electrons. The van der Waals surface area contributed by atoms with Gasteiger partial charge < -0.3 is 10.5 Å². The number of halogens is 3. The smallest absolute Gasteiger partial charge is 0.406 e. The molecular weight excluding hydrogens is 311 g/mol. The van der Waals surface area contributed by atoms with Crippen molar-refractivity contribution >= 4 is 11.6 Å². The number of rotatable bonds is 3. The lowest BCUT2D eigenvalue weighted by molar-refractivity contribution is -0.274. The van der Waals surface area contributed by atoms with Crippen LogP contribution in [-0.2, 0) is 6.42 Å². The fourth-order valence-corrected chi connectivity index (χ4v) is 2.24. The van der Waals surface area contributed by atoms with E-state index in [0.29, 0.717) is 23.7 Å². The predicted octanol–water partition coefficient (Wildman–Crippen LogP) is 2.50. The van der Waals surface area contributed by atoms with Gasteiger partial charge in [-0.1, -0.05) is 12.1 Å². The van der Waals surface area contributed by atoms with Crippen molar-refractivity contribution in [2.45, 2.75) is 19.7 Å². The fourth-order valence-electron chi connectivity index (χ4n) is 2.24. The van der Waals surface area contributed by atoms with E-state index in [-0.39, 0.29) is 5.75 Å². The van der Waals surface area contributed by atoms with E-state index >= 15 is 0 Å². The molecule has 0 spiro atoms. The van der Waals surface area contributed by atoms with Crippen molar-refractivity contribution in [1.29, 1.82) is 0 Å². The van der Waals surface area contributed by atoms with Gasteiger partial charge in [-0.05, 0) is 24.6 Å². The van der Waals surface area contributed by atoms with Crippen LogP contribution in [0.5, 0.6) is 5.75 Å². The van der Waals surface area contributed by atoms with E-state index < -0.39 is 6.36 Å². The summed E-state index contributed by atoms with van der Waals surface area (Å²) in [5.41, 5.74) is 8.28. The highest BCUT2D eigenvalue weighted by Crippen LogP contribution is 2.25. The van der Waals surface area contributed by atoms with Crippen molar-refractivity contribution in [3.63, 3.8) is 0 Å². The van der Waals surface area contributed by atoms with Gasteiger partial charge in [0, 0.05) is 17.7 Å². The first-order valence-corrected chi connectivity index (χ1v) is 6.63. The summed E-state index contributed by atoms with van der Waals surface area (Å²) in [6, 6.07) is 5.61. The zero-order chi connectivity index (χ0) is 16.6. The molecule has 0 saturated heterocycles. The minimum Gasteiger partial charge on any atom is -0.406 e. The van der Waals surface area contributed by atoms with Gasteiger partial charge in [-0.3, -0.25) is 0 Å². The van der Waals surface area contributed by atoms with E-state index in [1.54, 1.807) is 19.1 Å². The first-order chi connectivity index (χ1) is 10.8. The molecular formula is C14H12F3N5O. The number of aromatic nitrogens is 4. The summed E-state index contributed by atoms with van der Waals surface area (Å²) in [5, 5.41) is 3.99. The molecule has 0 fully saturated rings. The number of nitrogens with two attached hydrogens (primary N) is 1. The molecule has 0 aliphatic heterocycles. The number of anilines is 1. The number of ether oxygens (including phenoxy) is 1. The Morgan fingerprint density at radius 2 is 1.91 bits per heavy atom. The summed E-state index contributed by atoms with van der Waals surface area (Å²) in [6.07, 6.45) is -2.94. The number of nitrogen functional groups attached to an aromatic ring is 1. The van der Waals surface area contributed by atoms with Gasteiger partial charge in [-0.2, -0.15) is 14.6 Å². The third-order valence-corrected chi connectivity index (χ3v) is 3.31. The summed E-state index contributed by atoms with van der Waals surface area (Å²) >= 11 is 0. The van der Waals surface area contributed by atoms with Gasteiger partial charge in [0.25, 0.3) is 5.78 Å². The van der Waals surface area contributed by atoms with Crippen LogP contribution >= 0.6 is 0 Å². The molecule has 3 rings (SSSR count). The highest BCUT2D eigenvalue weighted by atomic mass is 19.4. The Morgan fingerprint density at radius 3 is 2.57 bits per heavy atom. The quantitative estimate of drug-likeness (QED) is 0.801. The normalized spacial score (nSPS) is 11.8. The van der Waals surface area contributed by atoms with Crippen LogP contribution in [0.4, 0.5) is 19.0 Å². The number of aryl methyl sites for hydroxylation is 1. The lowest BCUT2D eigenvalue weighted by Gasteiger charge is -2.11. The third kappa shape index (κ3) is 3.17. The van der Waals surface area contributed by atoms with Gasteiger partial charge in [0.05, 0.1) is 0 Å². The molecule has 6 nitrogen and oxygen atoms in total. The summed E-state index contributed by atoms with van der Waals surface area (Å²) in [7, 11) is 0. The maximum atomic E-state index is 12.1. The molecule has 2 heterocycles. The van der Waals surface area contributed by atoms with Gasteiger partial charge in [0.15, 0.2) is 0 Å². The van der Waals surface area contributed by atoms with E-state index in [1.807, 2.05) is 0 Å². The standard InChI is InChI=1S/C14H12F3N5O/c1-8-11(12(18)22-13(21-8)19-7-20-22)6-9-2-4-10(5-3-9)23-14(15,16)17/h2-5,7H,6,18H2,1H3. The molecule has 9 heteroatoms. The molecule has 0 aliphatic carbocycles. The Kier molecular flexibility index (Phi) is 3.55. The van der Waals surface area contributed by atoms with Crippen molar-refractivity contribution in [2.24, 2.45) is 0 Å². The number of alkyl halides is 3. The topological polar surface area (TPSA) is 78.3 Å². The van der Waals surface area contributed by atoms with Gasteiger partial charge in [0.2, 0.25) is 0 Å². The van der Waals surface area contributed by atoms with E-state index in [4.69, 9.17) is 5.73 Å². The Hall–Kier alpha value is -2.84. The highest BCUT2D eigenvalue weighted by Gasteiger charge is 2.30. The van der Waals surface area contributed by atoms with Crippen LogP contribution in [0.15, 0.2) is 30.6 Å². The highest BCUT2D eigenvalue weighted by molar-refractivity contribution is 5.51. The van der Waals surface area contributed by atoms with Gasteiger partial charge in [-0.25, -0.2) is 4.98 Å². The van der Waals surface area contributed by atoms with Crippen LogP contribution in [0.3, 0.4) is 0 Å². The minimum absolute atomic E-state index is 0.268. The lowest BCUT2D eigenvalue weighted by atomic mass is 10.0. The van der Waals surface area contributed by atoms with Gasteiger partial charge in [-0.15, -0.1) is 13.2 Å². The zero-order valence-corrected chi connectivity index (χ0v) is 12.0. The van der Waals surface area contributed by atoms with Crippen LogP contribution < -0.4 is 10.5 Å². The maximum Gasteiger partial charge on any atom is 0.573 e. The average Bonchev–Trinajstić information content (AvgIpc) is 2.92. The average molecular weight is 323 g/mol. The Morgan fingerprint density at radius 1 is 1.22 bits per heavy atom. The van der Waals surface area contributed by atoms with Gasteiger partial charge >= 0.3 is 6.36 Å². The second-order valence-corrected chi connectivity index (χ2v) is 4.90. The number of nitrogens with zero attached hydrogens (tertiary/aromatic N) is 4. The second-order valence-electron chi connectivity index (χ2n) is 4.90. The zero-order valence-electron chi connectivity index (χ0n) is 12.0. The molecule has 0 amide bonds. The summed E-state index contributed by atoms with van der Waals surface area (Å²) in [4.78, 5) is 8.27. The largest absolute Gasteiger partial charge is 0.573 e. The van der Waals surface area contributed by atoms with Crippen LogP contribution in [-0.4, -0.2) is 25.9 Å². The molecule has 0 unspecified atom stereocenters. The minimum atomic E-state index is -4.70.